The van der Waals surface area contributed by atoms with Gasteiger partial charge in [0.25, 0.3) is 0 Å². The standard InChI is InChI=1S/C7H13FO4S/c1-5(7(9)10)3-13(11,12)4-6(2)8/h5-6H,3-4H2,1-2H3,(H,9,10). The van der Waals surface area contributed by atoms with Gasteiger partial charge in [-0.3, -0.25) is 4.79 Å². The lowest BCUT2D eigenvalue weighted by atomic mass is 10.2. The fraction of sp³-hybridized carbons (Fsp3) is 0.857. The Morgan fingerprint density at radius 2 is 1.85 bits per heavy atom. The molecule has 0 spiro atoms. The number of halogens is 1. The number of rotatable bonds is 5. The molecule has 0 aromatic rings. The zero-order valence-electron chi connectivity index (χ0n) is 7.53. The van der Waals surface area contributed by atoms with Crippen molar-refractivity contribution in [2.45, 2.75) is 20.0 Å². The summed E-state index contributed by atoms with van der Waals surface area (Å²) in [6.07, 6.45) is -1.45. The maximum atomic E-state index is 12.3. The molecule has 0 bridgehead atoms. The van der Waals surface area contributed by atoms with Crippen LogP contribution in [0.15, 0.2) is 0 Å². The van der Waals surface area contributed by atoms with Crippen LogP contribution in [0, 0.1) is 5.92 Å². The van der Waals surface area contributed by atoms with Crippen molar-refractivity contribution in [2.75, 3.05) is 11.5 Å². The molecule has 0 saturated carbocycles. The summed E-state index contributed by atoms with van der Waals surface area (Å²) < 4.78 is 34.4. The Balaban J connectivity index is 4.27. The van der Waals surface area contributed by atoms with Crippen LogP contribution in [-0.2, 0) is 14.6 Å². The van der Waals surface area contributed by atoms with Gasteiger partial charge in [-0.25, -0.2) is 12.8 Å². The van der Waals surface area contributed by atoms with Crippen molar-refractivity contribution in [3.63, 3.8) is 0 Å². The quantitative estimate of drug-likeness (QED) is 0.719. The molecule has 0 aliphatic rings. The number of alkyl halides is 1. The predicted molar refractivity (Wildman–Crippen MR) is 46.0 cm³/mol. The highest BCUT2D eigenvalue weighted by Crippen LogP contribution is 2.05. The van der Waals surface area contributed by atoms with E-state index in [1.54, 1.807) is 0 Å². The summed E-state index contributed by atoms with van der Waals surface area (Å²) in [4.78, 5) is 10.3. The van der Waals surface area contributed by atoms with Crippen molar-refractivity contribution >= 4 is 15.8 Å². The predicted octanol–water partition coefficient (Wildman–Crippen LogP) is 0.480. The molecule has 0 heterocycles. The number of carboxylic acids is 1. The van der Waals surface area contributed by atoms with Crippen molar-refractivity contribution in [1.82, 2.24) is 0 Å². The number of hydrogen-bond acceptors (Lipinski definition) is 3. The molecular weight excluding hydrogens is 199 g/mol. The number of sulfone groups is 1. The van der Waals surface area contributed by atoms with Crippen LogP contribution < -0.4 is 0 Å². The topological polar surface area (TPSA) is 71.4 Å². The number of carbonyl (C=O) groups is 1. The van der Waals surface area contributed by atoms with Gasteiger partial charge in [-0.2, -0.15) is 0 Å². The van der Waals surface area contributed by atoms with E-state index in [4.69, 9.17) is 5.11 Å². The first-order valence-corrected chi connectivity index (χ1v) is 5.64. The molecule has 4 nitrogen and oxygen atoms in total. The SMILES string of the molecule is CC(F)CS(=O)(=O)CC(C)C(=O)O. The van der Waals surface area contributed by atoms with Crippen molar-refractivity contribution in [3.05, 3.63) is 0 Å². The third kappa shape index (κ3) is 5.57. The first-order valence-electron chi connectivity index (χ1n) is 3.82. The largest absolute Gasteiger partial charge is 0.481 e. The fourth-order valence-electron chi connectivity index (χ4n) is 0.870. The molecule has 0 aliphatic heterocycles. The maximum Gasteiger partial charge on any atom is 0.307 e. The molecule has 0 rings (SSSR count). The van der Waals surface area contributed by atoms with Crippen LogP contribution in [-0.4, -0.2) is 37.2 Å². The zero-order chi connectivity index (χ0) is 10.6. The fourth-order valence-corrected chi connectivity index (χ4v) is 2.61. The van der Waals surface area contributed by atoms with Crippen LogP contribution in [0.2, 0.25) is 0 Å². The van der Waals surface area contributed by atoms with Crippen LogP contribution in [0.3, 0.4) is 0 Å². The average Bonchev–Trinajstić information content (AvgIpc) is 1.81. The number of hydrogen-bond donors (Lipinski definition) is 1. The van der Waals surface area contributed by atoms with E-state index in [0.29, 0.717) is 0 Å². The summed E-state index contributed by atoms with van der Waals surface area (Å²) in [7, 11) is -3.58. The molecule has 0 radical (unpaired) electrons. The summed E-state index contributed by atoms with van der Waals surface area (Å²) in [6.45, 7) is 2.41. The van der Waals surface area contributed by atoms with E-state index in [2.05, 4.69) is 0 Å². The summed E-state index contributed by atoms with van der Waals surface area (Å²) in [5.41, 5.74) is 0. The molecule has 2 atom stereocenters. The zero-order valence-corrected chi connectivity index (χ0v) is 8.34. The average molecular weight is 212 g/mol. The molecule has 78 valence electrons. The summed E-state index contributed by atoms with van der Waals surface area (Å²) in [5.74, 6) is -3.28. The van der Waals surface area contributed by atoms with Gasteiger partial charge in [-0.15, -0.1) is 0 Å². The van der Waals surface area contributed by atoms with Gasteiger partial charge in [-0.1, -0.05) is 6.92 Å². The second-order valence-electron chi connectivity index (χ2n) is 3.10. The molecule has 0 aromatic carbocycles. The molecule has 0 aliphatic carbocycles. The minimum absolute atomic E-state index is 0.503. The normalized spacial score (nSPS) is 16.5. The third-order valence-corrected chi connectivity index (χ3v) is 3.38. The monoisotopic (exact) mass is 212 g/mol. The maximum absolute atomic E-state index is 12.3. The van der Waals surface area contributed by atoms with Gasteiger partial charge in [0.2, 0.25) is 0 Å². The molecule has 0 aromatic heterocycles. The highest BCUT2D eigenvalue weighted by molar-refractivity contribution is 7.91. The van der Waals surface area contributed by atoms with Crippen molar-refractivity contribution in [3.8, 4) is 0 Å². The molecule has 1 N–H and O–H groups in total. The smallest absolute Gasteiger partial charge is 0.307 e. The van der Waals surface area contributed by atoms with Crippen molar-refractivity contribution in [2.24, 2.45) is 5.92 Å². The summed E-state index contributed by atoms with van der Waals surface area (Å²) in [5, 5.41) is 8.42. The summed E-state index contributed by atoms with van der Waals surface area (Å²) >= 11 is 0. The lowest BCUT2D eigenvalue weighted by Crippen LogP contribution is -2.25. The lowest BCUT2D eigenvalue weighted by Gasteiger charge is -2.07. The van der Waals surface area contributed by atoms with E-state index in [1.807, 2.05) is 0 Å². The molecule has 0 amide bonds. The summed E-state index contributed by atoms with van der Waals surface area (Å²) in [6, 6.07) is 0. The Morgan fingerprint density at radius 3 is 2.15 bits per heavy atom. The van der Waals surface area contributed by atoms with E-state index < -0.39 is 39.4 Å². The van der Waals surface area contributed by atoms with Gasteiger partial charge < -0.3 is 5.11 Å². The Bertz CT molecular complexity index is 270. The van der Waals surface area contributed by atoms with Gasteiger partial charge in [0.1, 0.15) is 6.17 Å². The Kier molecular flexibility index (Phi) is 4.32. The van der Waals surface area contributed by atoms with E-state index in [9.17, 15) is 17.6 Å². The molecule has 2 unspecified atom stereocenters. The Hall–Kier alpha value is -0.650. The van der Waals surface area contributed by atoms with Gasteiger partial charge in [-0.05, 0) is 6.92 Å². The van der Waals surface area contributed by atoms with E-state index in [0.717, 1.165) is 6.92 Å². The van der Waals surface area contributed by atoms with Crippen LogP contribution in [0.25, 0.3) is 0 Å². The van der Waals surface area contributed by atoms with E-state index >= 15 is 0 Å². The first-order chi connectivity index (χ1) is 5.74. The minimum Gasteiger partial charge on any atom is -0.481 e. The van der Waals surface area contributed by atoms with Crippen LogP contribution in [0.1, 0.15) is 13.8 Å². The minimum atomic E-state index is -3.58. The highest BCUT2D eigenvalue weighted by Gasteiger charge is 2.22. The van der Waals surface area contributed by atoms with Crippen molar-refractivity contribution < 1.29 is 22.7 Å². The molecule has 13 heavy (non-hydrogen) atoms. The van der Waals surface area contributed by atoms with Crippen molar-refractivity contribution in [1.29, 1.82) is 0 Å². The van der Waals surface area contributed by atoms with Gasteiger partial charge in [0.15, 0.2) is 9.84 Å². The van der Waals surface area contributed by atoms with Crippen LogP contribution in [0.5, 0.6) is 0 Å². The highest BCUT2D eigenvalue weighted by atomic mass is 32.2. The van der Waals surface area contributed by atoms with Crippen LogP contribution >= 0.6 is 0 Å². The second-order valence-corrected chi connectivity index (χ2v) is 5.25. The molecule has 6 heteroatoms. The molecule has 0 fully saturated rings. The van der Waals surface area contributed by atoms with E-state index in [1.165, 1.54) is 6.92 Å². The second kappa shape index (κ2) is 4.55. The third-order valence-electron chi connectivity index (χ3n) is 1.41. The first kappa shape index (κ1) is 12.3. The van der Waals surface area contributed by atoms with Gasteiger partial charge >= 0.3 is 5.97 Å². The van der Waals surface area contributed by atoms with Crippen LogP contribution in [0.4, 0.5) is 4.39 Å². The Labute approximate surface area is 76.7 Å². The molecular formula is C7H13FO4S. The number of aliphatic carboxylic acids is 1. The Morgan fingerprint density at radius 1 is 1.38 bits per heavy atom. The van der Waals surface area contributed by atoms with E-state index in [-0.39, 0.29) is 0 Å². The lowest BCUT2D eigenvalue weighted by molar-refractivity contribution is -0.140. The number of carboxylic acid groups (broad SMARTS) is 1. The van der Waals surface area contributed by atoms with Gasteiger partial charge in [0.05, 0.1) is 17.4 Å². The van der Waals surface area contributed by atoms with Gasteiger partial charge in [0, 0.05) is 0 Å². The molecule has 0 saturated heterocycles.